The molecule has 0 bridgehead atoms. The number of hydrogen-bond donors (Lipinski definition) is 3. The number of aromatic nitrogens is 3. The summed E-state index contributed by atoms with van der Waals surface area (Å²) in [5.74, 6) is -2.34. The summed E-state index contributed by atoms with van der Waals surface area (Å²) in [6.45, 7) is 1.25. The van der Waals surface area contributed by atoms with E-state index in [0.717, 1.165) is 12.1 Å². The zero-order valence-corrected chi connectivity index (χ0v) is 16.1. The number of benzene rings is 2. The Kier molecular flexibility index (Phi) is 5.81. The van der Waals surface area contributed by atoms with Crippen molar-refractivity contribution < 1.29 is 18.7 Å². The largest absolute Gasteiger partial charge is 0.398 e. The van der Waals surface area contributed by atoms with E-state index in [9.17, 15) is 18.7 Å². The SMILES string of the molecule is C[C@@H](NC(=O)c1ccc(Cl)cc1N)C(O)(Cn1cncn1)c1ccc(F)cc1F. The first-order valence-corrected chi connectivity index (χ1v) is 8.94. The van der Waals surface area contributed by atoms with E-state index < -0.39 is 29.2 Å². The second-order valence-corrected chi connectivity index (χ2v) is 7.00. The van der Waals surface area contributed by atoms with Crippen molar-refractivity contribution >= 4 is 23.2 Å². The van der Waals surface area contributed by atoms with Crippen molar-refractivity contribution in [1.82, 2.24) is 20.1 Å². The van der Waals surface area contributed by atoms with Crippen LogP contribution in [0.5, 0.6) is 0 Å². The number of nitrogen functional groups attached to an aromatic ring is 1. The molecule has 3 rings (SSSR count). The summed E-state index contributed by atoms with van der Waals surface area (Å²) in [5, 5.41) is 18.3. The second kappa shape index (κ2) is 8.14. The van der Waals surface area contributed by atoms with E-state index >= 15 is 0 Å². The van der Waals surface area contributed by atoms with Crippen LogP contribution in [0.4, 0.5) is 14.5 Å². The first-order chi connectivity index (χ1) is 13.7. The van der Waals surface area contributed by atoms with Gasteiger partial charge in [-0.1, -0.05) is 17.7 Å². The minimum Gasteiger partial charge on any atom is -0.398 e. The zero-order chi connectivity index (χ0) is 21.2. The molecule has 0 saturated carbocycles. The Hall–Kier alpha value is -3.04. The molecule has 0 saturated heterocycles. The number of nitrogens with one attached hydrogen (secondary N) is 1. The van der Waals surface area contributed by atoms with Crippen LogP contribution in [0.15, 0.2) is 49.1 Å². The van der Waals surface area contributed by atoms with Gasteiger partial charge in [0.2, 0.25) is 0 Å². The van der Waals surface area contributed by atoms with E-state index in [1.54, 1.807) is 0 Å². The number of aliphatic hydroxyl groups is 1. The third-order valence-corrected chi connectivity index (χ3v) is 4.82. The van der Waals surface area contributed by atoms with E-state index in [2.05, 4.69) is 15.4 Å². The standard InChI is InChI=1S/C19H18ClF2N5O2/c1-11(26-18(28)14-4-2-12(20)6-17(14)23)19(29,8-27-10-24-9-25-27)15-5-3-13(21)7-16(15)22/h2-7,9-11,29H,8,23H2,1H3,(H,26,28)/t11-,19?/m1/s1. The lowest BCUT2D eigenvalue weighted by Crippen LogP contribution is -2.52. The van der Waals surface area contributed by atoms with Gasteiger partial charge in [0.05, 0.1) is 18.2 Å². The van der Waals surface area contributed by atoms with Crippen LogP contribution in [0.2, 0.25) is 5.02 Å². The molecule has 1 unspecified atom stereocenters. The average Bonchev–Trinajstić information content (AvgIpc) is 3.14. The summed E-state index contributed by atoms with van der Waals surface area (Å²) in [6, 6.07) is 6.15. The third-order valence-electron chi connectivity index (χ3n) is 4.59. The molecular formula is C19H18ClF2N5O2. The fraction of sp³-hybridized carbons (Fsp3) is 0.211. The van der Waals surface area contributed by atoms with Gasteiger partial charge >= 0.3 is 0 Å². The maximum Gasteiger partial charge on any atom is 0.253 e. The number of rotatable bonds is 6. The van der Waals surface area contributed by atoms with E-state index in [1.165, 1.54) is 42.5 Å². The highest BCUT2D eigenvalue weighted by Crippen LogP contribution is 2.30. The monoisotopic (exact) mass is 421 g/mol. The molecule has 2 aromatic carbocycles. The quantitative estimate of drug-likeness (QED) is 0.530. The van der Waals surface area contributed by atoms with Gasteiger partial charge in [0.1, 0.15) is 29.9 Å². The summed E-state index contributed by atoms with van der Waals surface area (Å²) in [4.78, 5) is 16.5. The highest BCUT2D eigenvalue weighted by atomic mass is 35.5. The lowest BCUT2D eigenvalue weighted by molar-refractivity contribution is -0.0186. The molecule has 2 atom stereocenters. The van der Waals surface area contributed by atoms with Gasteiger partial charge < -0.3 is 16.2 Å². The third kappa shape index (κ3) is 4.36. The van der Waals surface area contributed by atoms with Gasteiger partial charge in [-0.05, 0) is 31.2 Å². The number of halogens is 3. The molecular weight excluding hydrogens is 404 g/mol. The summed E-state index contributed by atoms with van der Waals surface area (Å²) in [5.41, 5.74) is 3.96. The number of anilines is 1. The molecule has 0 radical (unpaired) electrons. The Morgan fingerprint density at radius 1 is 1.34 bits per heavy atom. The molecule has 4 N–H and O–H groups in total. The molecule has 152 valence electrons. The molecule has 0 aliphatic heterocycles. The average molecular weight is 422 g/mol. The summed E-state index contributed by atoms with van der Waals surface area (Å²) in [6.07, 6.45) is 2.58. The molecule has 10 heteroatoms. The maximum absolute atomic E-state index is 14.5. The summed E-state index contributed by atoms with van der Waals surface area (Å²) >= 11 is 5.85. The van der Waals surface area contributed by atoms with Gasteiger partial charge in [-0.25, -0.2) is 18.4 Å². The molecule has 0 spiro atoms. The van der Waals surface area contributed by atoms with Gasteiger partial charge in [0.15, 0.2) is 0 Å². The van der Waals surface area contributed by atoms with Crippen molar-refractivity contribution in [3.63, 3.8) is 0 Å². The van der Waals surface area contributed by atoms with Gasteiger partial charge in [0.25, 0.3) is 5.91 Å². The smallest absolute Gasteiger partial charge is 0.253 e. The van der Waals surface area contributed by atoms with Crippen molar-refractivity contribution in [2.45, 2.75) is 25.1 Å². The van der Waals surface area contributed by atoms with Crippen molar-refractivity contribution in [1.29, 1.82) is 0 Å². The molecule has 1 heterocycles. The predicted molar refractivity (Wildman–Crippen MR) is 103 cm³/mol. The predicted octanol–water partition coefficient (Wildman–Crippen LogP) is 2.50. The first-order valence-electron chi connectivity index (χ1n) is 8.57. The van der Waals surface area contributed by atoms with Crippen molar-refractivity contribution in [2.75, 3.05) is 5.73 Å². The van der Waals surface area contributed by atoms with Crippen LogP contribution in [0.25, 0.3) is 0 Å². The van der Waals surface area contributed by atoms with Crippen LogP contribution in [0, 0.1) is 11.6 Å². The molecule has 7 nitrogen and oxygen atoms in total. The van der Waals surface area contributed by atoms with Gasteiger partial charge in [0, 0.05) is 22.3 Å². The van der Waals surface area contributed by atoms with Crippen LogP contribution in [-0.4, -0.2) is 31.8 Å². The molecule has 1 aromatic heterocycles. The van der Waals surface area contributed by atoms with Crippen LogP contribution in [-0.2, 0) is 12.1 Å². The molecule has 0 fully saturated rings. The zero-order valence-electron chi connectivity index (χ0n) is 15.3. The number of carbonyl (C=O) groups is 1. The fourth-order valence-electron chi connectivity index (χ4n) is 2.99. The van der Waals surface area contributed by atoms with Gasteiger partial charge in [-0.2, -0.15) is 5.10 Å². The van der Waals surface area contributed by atoms with Crippen LogP contribution < -0.4 is 11.1 Å². The Morgan fingerprint density at radius 2 is 2.10 bits per heavy atom. The highest BCUT2D eigenvalue weighted by molar-refractivity contribution is 6.31. The van der Waals surface area contributed by atoms with E-state index in [4.69, 9.17) is 17.3 Å². The lowest BCUT2D eigenvalue weighted by Gasteiger charge is -2.35. The Bertz CT molecular complexity index is 1030. The number of hydrogen-bond acceptors (Lipinski definition) is 5. The molecule has 3 aromatic rings. The van der Waals surface area contributed by atoms with Crippen LogP contribution in [0.3, 0.4) is 0 Å². The molecule has 0 aliphatic rings. The number of nitrogens with zero attached hydrogens (tertiary/aromatic N) is 3. The minimum atomic E-state index is -1.97. The number of amides is 1. The normalized spacial score (nSPS) is 14.2. The van der Waals surface area contributed by atoms with Crippen LogP contribution >= 0.6 is 11.6 Å². The van der Waals surface area contributed by atoms with Crippen molar-refractivity contribution in [3.8, 4) is 0 Å². The van der Waals surface area contributed by atoms with Crippen molar-refractivity contribution in [3.05, 3.63) is 76.8 Å². The van der Waals surface area contributed by atoms with Gasteiger partial charge in [-0.15, -0.1) is 0 Å². The first kappa shape index (κ1) is 20.7. The maximum atomic E-state index is 14.5. The summed E-state index contributed by atoms with van der Waals surface area (Å²) < 4.78 is 29.2. The van der Waals surface area contributed by atoms with E-state index in [1.807, 2.05) is 0 Å². The van der Waals surface area contributed by atoms with Crippen molar-refractivity contribution in [2.24, 2.45) is 0 Å². The second-order valence-electron chi connectivity index (χ2n) is 6.57. The van der Waals surface area contributed by atoms with E-state index in [0.29, 0.717) is 11.1 Å². The Balaban J connectivity index is 1.95. The summed E-state index contributed by atoms with van der Waals surface area (Å²) in [7, 11) is 0. The lowest BCUT2D eigenvalue weighted by atomic mass is 9.86. The topological polar surface area (TPSA) is 106 Å². The van der Waals surface area contributed by atoms with Gasteiger partial charge in [-0.3, -0.25) is 4.79 Å². The minimum absolute atomic E-state index is 0.143. The fourth-order valence-corrected chi connectivity index (χ4v) is 3.17. The highest BCUT2D eigenvalue weighted by Gasteiger charge is 2.40. The number of nitrogens with two attached hydrogens (primary N) is 1. The van der Waals surface area contributed by atoms with Crippen LogP contribution in [0.1, 0.15) is 22.8 Å². The van der Waals surface area contributed by atoms with E-state index in [-0.39, 0.29) is 23.4 Å². The molecule has 29 heavy (non-hydrogen) atoms. The Morgan fingerprint density at radius 3 is 2.72 bits per heavy atom. The molecule has 1 amide bonds. The molecule has 0 aliphatic carbocycles. The Labute approximate surface area is 170 Å². The number of carbonyl (C=O) groups excluding carboxylic acids is 1.